The molecule has 4 heteroatoms. The minimum absolute atomic E-state index is 0.169. The van der Waals surface area contributed by atoms with Crippen LogP contribution in [0.25, 0.3) is 0 Å². The third kappa shape index (κ3) is 3.02. The van der Waals surface area contributed by atoms with E-state index < -0.39 is 0 Å². The quantitative estimate of drug-likeness (QED) is 0.915. The van der Waals surface area contributed by atoms with Gasteiger partial charge < -0.3 is 10.5 Å². The second kappa shape index (κ2) is 5.55. The van der Waals surface area contributed by atoms with E-state index in [0.717, 1.165) is 31.4 Å². The fourth-order valence-corrected chi connectivity index (χ4v) is 2.60. The van der Waals surface area contributed by atoms with Crippen LogP contribution in [0.4, 0.5) is 4.39 Å². The molecule has 0 radical (unpaired) electrons. The van der Waals surface area contributed by atoms with Crippen molar-refractivity contribution in [2.75, 3.05) is 6.61 Å². The number of benzene rings is 1. The van der Waals surface area contributed by atoms with Gasteiger partial charge in [-0.1, -0.05) is 11.6 Å². The molecule has 2 atom stereocenters. The van der Waals surface area contributed by atoms with Gasteiger partial charge in [-0.05, 0) is 56.4 Å². The van der Waals surface area contributed by atoms with E-state index in [1.807, 2.05) is 6.92 Å². The monoisotopic (exact) mass is 271 g/mol. The predicted molar refractivity (Wildman–Crippen MR) is 71.3 cm³/mol. The summed E-state index contributed by atoms with van der Waals surface area (Å²) < 4.78 is 19.0. The van der Waals surface area contributed by atoms with Gasteiger partial charge in [-0.15, -0.1) is 0 Å². The summed E-state index contributed by atoms with van der Waals surface area (Å²) in [5, 5.41) is 0.561. The standard InChI is InChI=1S/C14H19ClFNO/c1-14(6-2-3-7-18-14)13(17)9-10-8-11(16)4-5-12(10)15/h4-5,8,13H,2-3,6-7,9,17H2,1H3. The molecule has 2 nitrogen and oxygen atoms in total. The van der Waals surface area contributed by atoms with Crippen molar-refractivity contribution in [2.24, 2.45) is 5.73 Å². The first kappa shape index (κ1) is 13.8. The predicted octanol–water partition coefficient (Wildman–Crippen LogP) is 3.31. The van der Waals surface area contributed by atoms with Crippen LogP contribution in [-0.2, 0) is 11.2 Å². The maximum Gasteiger partial charge on any atom is 0.123 e. The molecule has 1 heterocycles. The van der Waals surface area contributed by atoms with Gasteiger partial charge in [-0.25, -0.2) is 4.39 Å². The van der Waals surface area contributed by atoms with Gasteiger partial charge >= 0.3 is 0 Å². The maximum atomic E-state index is 13.2. The largest absolute Gasteiger partial charge is 0.374 e. The Labute approximate surface area is 112 Å². The van der Waals surface area contributed by atoms with Crippen LogP contribution >= 0.6 is 11.6 Å². The van der Waals surface area contributed by atoms with Gasteiger partial charge in [-0.2, -0.15) is 0 Å². The van der Waals surface area contributed by atoms with E-state index in [1.165, 1.54) is 12.1 Å². The zero-order valence-corrected chi connectivity index (χ0v) is 11.3. The van der Waals surface area contributed by atoms with Crippen molar-refractivity contribution in [3.05, 3.63) is 34.6 Å². The third-order valence-electron chi connectivity index (χ3n) is 3.73. The number of nitrogens with two attached hydrogens (primary N) is 1. The molecular formula is C14H19ClFNO. The van der Waals surface area contributed by atoms with Crippen LogP contribution in [0.15, 0.2) is 18.2 Å². The van der Waals surface area contributed by atoms with Crippen molar-refractivity contribution in [3.8, 4) is 0 Å². The summed E-state index contributed by atoms with van der Waals surface area (Å²) in [4.78, 5) is 0. The van der Waals surface area contributed by atoms with Crippen molar-refractivity contribution in [1.29, 1.82) is 0 Å². The van der Waals surface area contributed by atoms with E-state index in [2.05, 4.69) is 0 Å². The Balaban J connectivity index is 2.10. The van der Waals surface area contributed by atoms with E-state index in [9.17, 15) is 4.39 Å². The van der Waals surface area contributed by atoms with E-state index in [1.54, 1.807) is 6.07 Å². The Morgan fingerprint density at radius 3 is 2.94 bits per heavy atom. The van der Waals surface area contributed by atoms with Gasteiger partial charge in [0, 0.05) is 17.7 Å². The molecule has 2 N–H and O–H groups in total. The average Bonchev–Trinajstić information content (AvgIpc) is 2.35. The number of rotatable bonds is 3. The SMILES string of the molecule is CC1(C(N)Cc2cc(F)ccc2Cl)CCCCO1. The van der Waals surface area contributed by atoms with Crippen LogP contribution in [0.1, 0.15) is 31.7 Å². The first-order valence-corrected chi connectivity index (χ1v) is 6.72. The molecule has 0 saturated carbocycles. The molecule has 0 amide bonds. The van der Waals surface area contributed by atoms with Crippen molar-refractivity contribution in [2.45, 2.75) is 44.2 Å². The molecule has 18 heavy (non-hydrogen) atoms. The zero-order valence-electron chi connectivity index (χ0n) is 10.6. The highest BCUT2D eigenvalue weighted by Crippen LogP contribution is 2.30. The van der Waals surface area contributed by atoms with Gasteiger partial charge in [0.05, 0.1) is 5.60 Å². The van der Waals surface area contributed by atoms with Crippen molar-refractivity contribution < 1.29 is 9.13 Å². The number of hydrogen-bond acceptors (Lipinski definition) is 2. The summed E-state index contributed by atoms with van der Waals surface area (Å²) in [6.07, 6.45) is 3.69. The Morgan fingerprint density at radius 1 is 1.50 bits per heavy atom. The lowest BCUT2D eigenvalue weighted by Crippen LogP contribution is -2.50. The Bertz CT molecular complexity index is 418. The molecule has 1 aromatic rings. The molecule has 1 fully saturated rings. The second-order valence-corrected chi connectivity index (χ2v) is 5.57. The second-order valence-electron chi connectivity index (χ2n) is 5.16. The van der Waals surface area contributed by atoms with E-state index >= 15 is 0 Å². The summed E-state index contributed by atoms with van der Waals surface area (Å²) in [5.41, 5.74) is 6.65. The van der Waals surface area contributed by atoms with Gasteiger partial charge in [-0.3, -0.25) is 0 Å². The summed E-state index contributed by atoms with van der Waals surface area (Å²) in [6.45, 7) is 2.78. The molecule has 1 aromatic carbocycles. The number of halogens is 2. The van der Waals surface area contributed by atoms with Crippen LogP contribution in [0.3, 0.4) is 0 Å². The van der Waals surface area contributed by atoms with Crippen molar-refractivity contribution >= 4 is 11.6 Å². The summed E-state index contributed by atoms with van der Waals surface area (Å²) >= 11 is 6.06. The van der Waals surface area contributed by atoms with Crippen molar-refractivity contribution in [3.63, 3.8) is 0 Å². The van der Waals surface area contributed by atoms with Crippen LogP contribution in [-0.4, -0.2) is 18.2 Å². The zero-order chi connectivity index (χ0) is 13.2. The molecule has 1 aliphatic rings. The van der Waals surface area contributed by atoms with Crippen LogP contribution in [0, 0.1) is 5.82 Å². The molecule has 0 bridgehead atoms. The lowest BCUT2D eigenvalue weighted by atomic mass is 9.85. The van der Waals surface area contributed by atoms with Gasteiger partial charge in [0.25, 0.3) is 0 Å². The van der Waals surface area contributed by atoms with Crippen molar-refractivity contribution in [1.82, 2.24) is 0 Å². The van der Waals surface area contributed by atoms with Crippen LogP contribution in [0.5, 0.6) is 0 Å². The minimum atomic E-state index is -0.325. The Kier molecular flexibility index (Phi) is 4.25. The molecule has 2 rings (SSSR count). The first-order valence-electron chi connectivity index (χ1n) is 6.35. The molecule has 1 aliphatic heterocycles. The van der Waals surface area contributed by atoms with E-state index in [4.69, 9.17) is 22.1 Å². The molecule has 2 unspecified atom stereocenters. The highest BCUT2D eigenvalue weighted by Gasteiger charge is 2.34. The van der Waals surface area contributed by atoms with E-state index in [-0.39, 0.29) is 17.5 Å². The first-order chi connectivity index (χ1) is 8.51. The molecular weight excluding hydrogens is 253 g/mol. The lowest BCUT2D eigenvalue weighted by Gasteiger charge is -2.39. The third-order valence-corrected chi connectivity index (χ3v) is 4.10. The van der Waals surface area contributed by atoms with Gasteiger partial charge in [0.1, 0.15) is 5.82 Å². The van der Waals surface area contributed by atoms with E-state index in [0.29, 0.717) is 11.4 Å². The lowest BCUT2D eigenvalue weighted by molar-refractivity contribution is -0.0808. The van der Waals surface area contributed by atoms with Gasteiger partial charge in [0.15, 0.2) is 0 Å². The fraction of sp³-hybridized carbons (Fsp3) is 0.571. The smallest absolute Gasteiger partial charge is 0.123 e. The topological polar surface area (TPSA) is 35.2 Å². The Morgan fingerprint density at radius 2 is 2.28 bits per heavy atom. The minimum Gasteiger partial charge on any atom is -0.374 e. The Hall–Kier alpha value is -0.640. The number of ether oxygens (including phenoxy) is 1. The molecule has 1 saturated heterocycles. The normalized spacial score (nSPS) is 26.0. The molecule has 0 spiro atoms. The molecule has 0 aliphatic carbocycles. The highest BCUT2D eigenvalue weighted by atomic mass is 35.5. The highest BCUT2D eigenvalue weighted by molar-refractivity contribution is 6.31. The van der Waals surface area contributed by atoms with Crippen LogP contribution < -0.4 is 5.73 Å². The average molecular weight is 272 g/mol. The number of hydrogen-bond donors (Lipinski definition) is 1. The summed E-state index contributed by atoms with van der Waals surface area (Å²) in [7, 11) is 0. The fourth-order valence-electron chi connectivity index (χ4n) is 2.40. The van der Waals surface area contributed by atoms with Gasteiger partial charge in [0.2, 0.25) is 0 Å². The summed E-state index contributed by atoms with van der Waals surface area (Å²) in [5.74, 6) is -0.281. The molecule has 0 aromatic heterocycles. The molecule has 100 valence electrons. The van der Waals surface area contributed by atoms with Crippen LogP contribution in [0.2, 0.25) is 5.02 Å². The maximum absolute atomic E-state index is 13.2. The summed E-state index contributed by atoms with van der Waals surface area (Å²) in [6, 6.07) is 4.21.